The van der Waals surface area contributed by atoms with Gasteiger partial charge in [0.1, 0.15) is 5.75 Å². The van der Waals surface area contributed by atoms with Crippen LogP contribution in [0.1, 0.15) is 35.4 Å². The van der Waals surface area contributed by atoms with Crippen molar-refractivity contribution in [2.75, 3.05) is 14.2 Å². The standard InChI is InChI=1S/C24H19Cl2N3O5/c1-32-21-8-5-14(9-22(21)33-2)19-12-20-17-10-15(25)11-18(26)23(17)34-24(28(20)27-19)13-3-6-16(7-4-13)29(30)31/h3-11,20,24H,12H2,1-2H3/t20-,24+/m1/s1. The third kappa shape index (κ3) is 3.78. The first kappa shape index (κ1) is 22.3. The van der Waals surface area contributed by atoms with Crippen LogP contribution < -0.4 is 14.2 Å². The van der Waals surface area contributed by atoms with Crippen LogP contribution >= 0.6 is 23.2 Å². The van der Waals surface area contributed by atoms with Gasteiger partial charge in [0.25, 0.3) is 5.69 Å². The number of non-ortho nitro benzene ring substituents is 1. The Hall–Kier alpha value is -3.49. The molecule has 0 spiro atoms. The third-order valence-corrected chi connectivity index (χ3v) is 6.41. The number of nitro groups is 1. The van der Waals surface area contributed by atoms with Gasteiger partial charge in [-0.2, -0.15) is 5.10 Å². The lowest BCUT2D eigenvalue weighted by Crippen LogP contribution is -2.33. The highest BCUT2D eigenvalue weighted by Gasteiger charge is 2.42. The second kappa shape index (κ2) is 8.70. The van der Waals surface area contributed by atoms with E-state index >= 15 is 0 Å². The molecule has 0 bridgehead atoms. The lowest BCUT2D eigenvalue weighted by molar-refractivity contribution is -0.384. The van der Waals surface area contributed by atoms with Gasteiger partial charge in [0.05, 0.1) is 35.9 Å². The van der Waals surface area contributed by atoms with E-state index in [1.165, 1.54) is 12.1 Å². The number of methoxy groups -OCH3 is 2. The summed E-state index contributed by atoms with van der Waals surface area (Å²) in [5.74, 6) is 1.75. The van der Waals surface area contributed by atoms with Gasteiger partial charge in [-0.25, -0.2) is 5.01 Å². The summed E-state index contributed by atoms with van der Waals surface area (Å²) in [6.07, 6.45) is -0.0546. The minimum atomic E-state index is -0.630. The van der Waals surface area contributed by atoms with Crippen molar-refractivity contribution >= 4 is 34.6 Å². The molecule has 8 nitrogen and oxygen atoms in total. The molecule has 2 aliphatic rings. The van der Waals surface area contributed by atoms with Crippen LogP contribution in [0.4, 0.5) is 5.69 Å². The van der Waals surface area contributed by atoms with E-state index in [0.29, 0.717) is 39.3 Å². The van der Waals surface area contributed by atoms with Gasteiger partial charge in [0, 0.05) is 40.3 Å². The molecule has 0 aromatic heterocycles. The second-order valence-electron chi connectivity index (χ2n) is 7.84. The first-order valence-electron chi connectivity index (χ1n) is 10.4. The van der Waals surface area contributed by atoms with Crippen molar-refractivity contribution in [3.8, 4) is 17.2 Å². The van der Waals surface area contributed by atoms with E-state index in [0.717, 1.165) is 16.8 Å². The summed E-state index contributed by atoms with van der Waals surface area (Å²) in [6.45, 7) is 0. The van der Waals surface area contributed by atoms with Gasteiger partial charge < -0.3 is 14.2 Å². The van der Waals surface area contributed by atoms with Crippen molar-refractivity contribution in [1.29, 1.82) is 0 Å². The lowest BCUT2D eigenvalue weighted by Gasteiger charge is -2.38. The summed E-state index contributed by atoms with van der Waals surface area (Å²) in [5, 5.41) is 18.7. The van der Waals surface area contributed by atoms with E-state index < -0.39 is 11.2 Å². The molecular weight excluding hydrogens is 481 g/mol. The molecule has 2 atom stereocenters. The van der Waals surface area contributed by atoms with Gasteiger partial charge >= 0.3 is 0 Å². The maximum absolute atomic E-state index is 11.1. The van der Waals surface area contributed by atoms with Gasteiger partial charge in [0.2, 0.25) is 6.23 Å². The summed E-state index contributed by atoms with van der Waals surface area (Å²) in [4.78, 5) is 10.7. The van der Waals surface area contributed by atoms with Crippen LogP contribution in [0.25, 0.3) is 0 Å². The highest BCUT2D eigenvalue weighted by molar-refractivity contribution is 6.35. The Morgan fingerprint density at radius 3 is 2.47 bits per heavy atom. The molecule has 0 saturated heterocycles. The number of hydrogen-bond acceptors (Lipinski definition) is 7. The number of fused-ring (bicyclic) bond motifs is 3. The monoisotopic (exact) mass is 499 g/mol. The molecule has 0 saturated carbocycles. The second-order valence-corrected chi connectivity index (χ2v) is 8.68. The first-order valence-corrected chi connectivity index (χ1v) is 11.1. The molecule has 0 amide bonds. The summed E-state index contributed by atoms with van der Waals surface area (Å²) in [7, 11) is 3.17. The van der Waals surface area contributed by atoms with Gasteiger partial charge in [0.15, 0.2) is 11.5 Å². The molecule has 2 heterocycles. The van der Waals surface area contributed by atoms with Crippen molar-refractivity contribution in [2.24, 2.45) is 5.10 Å². The molecule has 0 N–H and O–H groups in total. The van der Waals surface area contributed by atoms with E-state index in [4.69, 9.17) is 42.5 Å². The van der Waals surface area contributed by atoms with Crippen molar-refractivity contribution in [2.45, 2.75) is 18.7 Å². The normalized spacial score (nSPS) is 18.5. The van der Waals surface area contributed by atoms with Crippen LogP contribution in [0.15, 0.2) is 59.7 Å². The molecule has 174 valence electrons. The smallest absolute Gasteiger partial charge is 0.269 e. The highest BCUT2D eigenvalue weighted by atomic mass is 35.5. The fourth-order valence-corrected chi connectivity index (χ4v) is 4.84. The zero-order chi connectivity index (χ0) is 24.0. The van der Waals surface area contributed by atoms with Crippen LogP contribution in [0.3, 0.4) is 0 Å². The Labute approximate surface area is 205 Å². The molecule has 10 heteroatoms. The van der Waals surface area contributed by atoms with E-state index in [1.807, 2.05) is 29.3 Å². The summed E-state index contributed by atoms with van der Waals surface area (Å²) in [6, 6.07) is 15.1. The summed E-state index contributed by atoms with van der Waals surface area (Å²) >= 11 is 12.8. The molecular formula is C24H19Cl2N3O5. The largest absolute Gasteiger partial charge is 0.493 e. The molecule has 0 radical (unpaired) electrons. The minimum Gasteiger partial charge on any atom is -0.493 e. The van der Waals surface area contributed by atoms with Gasteiger partial charge in [-0.3, -0.25) is 10.1 Å². The van der Waals surface area contributed by atoms with Crippen molar-refractivity contribution < 1.29 is 19.1 Å². The van der Waals surface area contributed by atoms with Gasteiger partial charge in [-0.1, -0.05) is 23.2 Å². The van der Waals surface area contributed by atoms with Crippen LogP contribution in [0.5, 0.6) is 17.2 Å². The number of ether oxygens (including phenoxy) is 3. The number of rotatable bonds is 5. The number of nitrogens with zero attached hydrogens (tertiary/aromatic N) is 3. The lowest BCUT2D eigenvalue weighted by atomic mass is 9.95. The fourth-order valence-electron chi connectivity index (χ4n) is 4.29. The third-order valence-electron chi connectivity index (χ3n) is 5.91. The Balaban J connectivity index is 1.59. The van der Waals surface area contributed by atoms with Crippen molar-refractivity contribution in [3.63, 3.8) is 0 Å². The van der Waals surface area contributed by atoms with Crippen molar-refractivity contribution in [3.05, 3.63) is 91.4 Å². The first-order chi connectivity index (χ1) is 16.4. The Morgan fingerprint density at radius 1 is 1.06 bits per heavy atom. The molecule has 5 rings (SSSR count). The molecule has 34 heavy (non-hydrogen) atoms. The van der Waals surface area contributed by atoms with E-state index in [9.17, 15) is 10.1 Å². The topological polar surface area (TPSA) is 86.4 Å². The molecule has 0 unspecified atom stereocenters. The summed E-state index contributed by atoms with van der Waals surface area (Å²) in [5.41, 5.74) is 3.24. The Bertz CT molecular complexity index is 1310. The quantitative estimate of drug-likeness (QED) is 0.308. The van der Waals surface area contributed by atoms with E-state index in [1.54, 1.807) is 32.4 Å². The fraction of sp³-hybridized carbons (Fsp3) is 0.208. The number of nitro benzene ring substituents is 1. The van der Waals surface area contributed by atoms with Crippen LogP contribution in [-0.2, 0) is 0 Å². The number of hydrazone groups is 1. The SMILES string of the molecule is COc1ccc(C2=NN3[C@H](C2)c2cc(Cl)cc(Cl)c2O[C@H]3c2ccc([N+](=O)[O-])cc2)cc1OC. The van der Waals surface area contributed by atoms with Gasteiger partial charge in [-0.05, 0) is 42.5 Å². The highest BCUT2D eigenvalue weighted by Crippen LogP contribution is 2.51. The van der Waals surface area contributed by atoms with Crippen molar-refractivity contribution in [1.82, 2.24) is 5.01 Å². The van der Waals surface area contributed by atoms with Gasteiger partial charge in [-0.15, -0.1) is 0 Å². The van der Waals surface area contributed by atoms with Crippen LogP contribution in [0, 0.1) is 10.1 Å². The zero-order valence-electron chi connectivity index (χ0n) is 18.2. The average molecular weight is 500 g/mol. The molecule has 0 aliphatic carbocycles. The van der Waals surface area contributed by atoms with E-state index in [2.05, 4.69) is 0 Å². The van der Waals surface area contributed by atoms with Crippen LogP contribution in [-0.4, -0.2) is 29.9 Å². The minimum absolute atomic E-state index is 0.00253. The predicted molar refractivity (Wildman–Crippen MR) is 128 cm³/mol. The van der Waals surface area contributed by atoms with Crippen LogP contribution in [0.2, 0.25) is 10.0 Å². The molecule has 3 aromatic rings. The molecule has 2 aliphatic heterocycles. The maximum Gasteiger partial charge on any atom is 0.269 e. The average Bonchev–Trinajstić information content (AvgIpc) is 3.29. The number of halogens is 2. The Kier molecular flexibility index (Phi) is 5.71. The Morgan fingerprint density at radius 2 is 1.79 bits per heavy atom. The number of benzene rings is 3. The summed E-state index contributed by atoms with van der Waals surface area (Å²) < 4.78 is 17.1. The molecule has 0 fully saturated rings. The van der Waals surface area contributed by atoms with E-state index in [-0.39, 0.29) is 11.7 Å². The number of hydrogen-bond donors (Lipinski definition) is 0. The molecule has 3 aromatic carbocycles. The maximum atomic E-state index is 11.1. The predicted octanol–water partition coefficient (Wildman–Crippen LogP) is 6.16. The zero-order valence-corrected chi connectivity index (χ0v) is 19.7.